The predicted molar refractivity (Wildman–Crippen MR) is 152 cm³/mol. The second-order valence-corrected chi connectivity index (χ2v) is 12.0. The van der Waals surface area contributed by atoms with Gasteiger partial charge in [0.05, 0.1) is 5.92 Å². The number of esters is 2. The van der Waals surface area contributed by atoms with Gasteiger partial charge in [-0.05, 0) is 32.1 Å². The summed E-state index contributed by atoms with van der Waals surface area (Å²) in [5, 5.41) is 0. The number of carbonyl (C=O) groups is 3. The molecule has 6 heteroatoms. The van der Waals surface area contributed by atoms with Crippen LogP contribution >= 0.6 is 0 Å². The van der Waals surface area contributed by atoms with Gasteiger partial charge >= 0.3 is 11.9 Å². The molecule has 6 nitrogen and oxygen atoms in total. The molecule has 1 aliphatic heterocycles. The van der Waals surface area contributed by atoms with Crippen molar-refractivity contribution in [2.45, 2.75) is 174 Å². The number of hydrogen-bond donors (Lipinski definition) is 1. The summed E-state index contributed by atoms with van der Waals surface area (Å²) >= 11 is 0. The third kappa shape index (κ3) is 10.9. The molecule has 220 valence electrons. The van der Waals surface area contributed by atoms with Crippen LogP contribution in [-0.2, 0) is 23.9 Å². The zero-order valence-electron chi connectivity index (χ0n) is 24.6. The molecule has 0 bridgehead atoms. The second kappa shape index (κ2) is 18.7. The van der Waals surface area contributed by atoms with Crippen LogP contribution in [-0.4, -0.2) is 30.1 Å². The maximum atomic E-state index is 13.2. The number of nitrogens with two attached hydrogens (primary N) is 1. The van der Waals surface area contributed by atoms with E-state index in [2.05, 4.69) is 6.92 Å². The number of primary amides is 1. The molecule has 2 fully saturated rings. The normalized spacial score (nSPS) is 21.4. The van der Waals surface area contributed by atoms with Gasteiger partial charge in [-0.1, -0.05) is 123 Å². The quantitative estimate of drug-likeness (QED) is 0.0862. The van der Waals surface area contributed by atoms with Gasteiger partial charge in [0, 0.05) is 6.42 Å². The van der Waals surface area contributed by atoms with E-state index in [1.807, 2.05) is 6.92 Å². The summed E-state index contributed by atoms with van der Waals surface area (Å²) in [6.45, 7) is 4.25. The van der Waals surface area contributed by atoms with E-state index in [9.17, 15) is 14.4 Å². The van der Waals surface area contributed by atoms with E-state index in [1.165, 1.54) is 83.5 Å². The second-order valence-electron chi connectivity index (χ2n) is 12.0. The molecule has 1 heterocycles. The molecule has 38 heavy (non-hydrogen) atoms. The molecule has 0 unspecified atom stereocenters. The topological polar surface area (TPSA) is 95.7 Å². The van der Waals surface area contributed by atoms with Gasteiger partial charge in [0.25, 0.3) is 0 Å². The molecule has 2 N–H and O–H groups in total. The fourth-order valence-electron chi connectivity index (χ4n) is 6.24. The van der Waals surface area contributed by atoms with Gasteiger partial charge in [-0.25, -0.2) is 0 Å². The Hall–Kier alpha value is -1.59. The monoisotopic (exact) mass is 535 g/mol. The number of carbonyl (C=O) groups excluding carboxylic acids is 3. The first-order valence-electron chi connectivity index (χ1n) is 16.2. The van der Waals surface area contributed by atoms with Crippen molar-refractivity contribution in [2.24, 2.45) is 17.1 Å². The third-order valence-electron chi connectivity index (χ3n) is 8.93. The van der Waals surface area contributed by atoms with Crippen LogP contribution in [0.2, 0.25) is 0 Å². The van der Waals surface area contributed by atoms with Crippen LogP contribution in [0.3, 0.4) is 0 Å². The Balaban J connectivity index is 1.66. The van der Waals surface area contributed by atoms with E-state index >= 15 is 0 Å². The highest BCUT2D eigenvalue weighted by atomic mass is 16.6. The molecule has 2 aliphatic rings. The molecule has 0 aromatic heterocycles. The number of amides is 1. The lowest BCUT2D eigenvalue weighted by molar-refractivity contribution is -0.191. The molecule has 1 saturated heterocycles. The molecule has 1 aliphatic carbocycles. The maximum absolute atomic E-state index is 13.2. The summed E-state index contributed by atoms with van der Waals surface area (Å²) < 4.78 is 11.4. The van der Waals surface area contributed by atoms with Crippen molar-refractivity contribution in [1.29, 1.82) is 0 Å². The molecular weight excluding hydrogens is 478 g/mol. The van der Waals surface area contributed by atoms with E-state index in [4.69, 9.17) is 15.2 Å². The summed E-state index contributed by atoms with van der Waals surface area (Å²) in [6.07, 6.45) is 24.6. The highest BCUT2D eigenvalue weighted by Gasteiger charge is 2.48. The Bertz CT molecular complexity index is 687. The van der Waals surface area contributed by atoms with Crippen molar-refractivity contribution >= 4 is 17.8 Å². The third-order valence-corrected chi connectivity index (χ3v) is 8.93. The van der Waals surface area contributed by atoms with E-state index < -0.39 is 17.3 Å². The lowest BCUT2D eigenvalue weighted by atomic mass is 9.73. The van der Waals surface area contributed by atoms with Gasteiger partial charge < -0.3 is 15.2 Å². The average Bonchev–Trinajstić information content (AvgIpc) is 2.90. The van der Waals surface area contributed by atoms with Gasteiger partial charge in [-0.15, -0.1) is 0 Å². The lowest BCUT2D eigenvalue weighted by Crippen LogP contribution is -2.49. The largest absolute Gasteiger partial charge is 0.461 e. The summed E-state index contributed by atoms with van der Waals surface area (Å²) in [6, 6.07) is 0. The molecule has 0 spiro atoms. The Morgan fingerprint density at radius 2 is 1.34 bits per heavy atom. The fourth-order valence-corrected chi connectivity index (χ4v) is 6.24. The first kappa shape index (κ1) is 32.6. The molecule has 0 aromatic carbocycles. The van der Waals surface area contributed by atoms with Crippen LogP contribution in [0.25, 0.3) is 0 Å². The van der Waals surface area contributed by atoms with Crippen molar-refractivity contribution in [3.05, 3.63) is 0 Å². The summed E-state index contributed by atoms with van der Waals surface area (Å²) in [4.78, 5) is 37.3. The van der Waals surface area contributed by atoms with E-state index in [-0.39, 0.29) is 24.1 Å². The lowest BCUT2D eigenvalue weighted by Gasteiger charge is -2.38. The minimum Gasteiger partial charge on any atom is -0.461 e. The molecule has 2 rings (SSSR count). The molecular formula is C32H57NO5. The minimum atomic E-state index is -1.19. The number of rotatable bonds is 22. The van der Waals surface area contributed by atoms with Gasteiger partial charge in [0.15, 0.2) is 0 Å². The van der Waals surface area contributed by atoms with Crippen molar-refractivity contribution in [2.75, 3.05) is 0 Å². The van der Waals surface area contributed by atoms with Crippen molar-refractivity contribution in [3.63, 3.8) is 0 Å². The van der Waals surface area contributed by atoms with Crippen LogP contribution in [0.4, 0.5) is 0 Å². The number of unbranched alkanes of at least 4 members (excludes halogenated alkanes) is 14. The molecule has 1 amide bonds. The standard InChI is InChI=1S/C32H57NO5/c1-3-5-6-7-8-9-10-11-12-13-14-15-16-17-19-22-26(25-28-27(4-2)29(34)38-28)37-31(36)32(30(33)35)23-20-18-21-24-32/h26-28H,3-25H2,1-2H3,(H2,33,35)/t26-,27+,28+/m0/s1. The van der Waals surface area contributed by atoms with Crippen LogP contribution < -0.4 is 5.73 Å². The van der Waals surface area contributed by atoms with E-state index in [0.29, 0.717) is 19.3 Å². The van der Waals surface area contributed by atoms with Crippen LogP contribution in [0, 0.1) is 11.3 Å². The number of cyclic esters (lactones) is 1. The maximum Gasteiger partial charge on any atom is 0.321 e. The zero-order valence-corrected chi connectivity index (χ0v) is 24.6. The Labute approximate surface area is 232 Å². The predicted octanol–water partition coefficient (Wildman–Crippen LogP) is 7.94. The smallest absolute Gasteiger partial charge is 0.321 e. The van der Waals surface area contributed by atoms with Gasteiger partial charge in [-0.2, -0.15) is 0 Å². The van der Waals surface area contributed by atoms with Crippen molar-refractivity contribution in [3.8, 4) is 0 Å². The first-order valence-corrected chi connectivity index (χ1v) is 16.2. The van der Waals surface area contributed by atoms with E-state index in [0.717, 1.165) is 44.9 Å². The number of hydrogen-bond acceptors (Lipinski definition) is 5. The Morgan fingerprint density at radius 3 is 1.79 bits per heavy atom. The van der Waals surface area contributed by atoms with Crippen LogP contribution in [0.1, 0.15) is 162 Å². The zero-order chi connectivity index (χ0) is 27.6. The SMILES string of the molecule is CCCCCCCCCCCCCCCCC[C@@H](C[C@H]1OC(=O)[C@@H]1CC)OC(=O)C1(C(N)=O)CCCCC1. The van der Waals surface area contributed by atoms with Crippen molar-refractivity contribution in [1.82, 2.24) is 0 Å². The Morgan fingerprint density at radius 1 is 0.842 bits per heavy atom. The van der Waals surface area contributed by atoms with Gasteiger partial charge in [0.1, 0.15) is 17.6 Å². The van der Waals surface area contributed by atoms with Gasteiger partial charge in [0.2, 0.25) is 5.91 Å². The van der Waals surface area contributed by atoms with Crippen molar-refractivity contribution < 1.29 is 23.9 Å². The summed E-state index contributed by atoms with van der Waals surface area (Å²) in [7, 11) is 0. The summed E-state index contributed by atoms with van der Waals surface area (Å²) in [5.41, 5.74) is 4.52. The van der Waals surface area contributed by atoms with Gasteiger partial charge in [-0.3, -0.25) is 14.4 Å². The highest BCUT2D eigenvalue weighted by Crippen LogP contribution is 2.39. The minimum absolute atomic E-state index is 0.114. The summed E-state index contributed by atoms with van der Waals surface area (Å²) in [5.74, 6) is -1.30. The Kier molecular flexibility index (Phi) is 16.0. The molecule has 3 atom stereocenters. The average molecular weight is 536 g/mol. The van der Waals surface area contributed by atoms with E-state index in [1.54, 1.807) is 0 Å². The highest BCUT2D eigenvalue weighted by molar-refractivity contribution is 6.02. The number of ether oxygens (including phenoxy) is 2. The molecule has 0 aromatic rings. The van der Waals surface area contributed by atoms with Crippen LogP contribution in [0.15, 0.2) is 0 Å². The van der Waals surface area contributed by atoms with Crippen LogP contribution in [0.5, 0.6) is 0 Å². The molecule has 0 radical (unpaired) electrons. The first-order chi connectivity index (χ1) is 18.4. The molecule has 1 saturated carbocycles. The fraction of sp³-hybridized carbons (Fsp3) is 0.906.